The molecule has 2 aromatic carbocycles. The lowest BCUT2D eigenvalue weighted by atomic mass is 10.1. The van der Waals surface area contributed by atoms with E-state index in [-0.39, 0.29) is 5.56 Å². The first-order valence-corrected chi connectivity index (χ1v) is 9.93. The number of nitrogens with zero attached hydrogens (tertiary/aromatic N) is 4. The second kappa shape index (κ2) is 10.6. The van der Waals surface area contributed by atoms with Crippen molar-refractivity contribution >= 4 is 35.7 Å². The lowest BCUT2D eigenvalue weighted by Gasteiger charge is -2.23. The number of benzene rings is 2. The van der Waals surface area contributed by atoms with Crippen LogP contribution in [0.5, 0.6) is 5.75 Å². The first-order chi connectivity index (χ1) is 16.0. The van der Waals surface area contributed by atoms with E-state index in [0.717, 1.165) is 5.56 Å². The minimum Gasteiger partial charge on any atom is -0.495 e. The fraction of sp³-hybridized carbons (Fsp3) is 0.120. The smallest absolute Gasteiger partial charge is 0.259 e. The molecule has 8 heteroatoms. The maximum Gasteiger partial charge on any atom is 0.259 e. The monoisotopic (exact) mass is 441 g/mol. The van der Waals surface area contributed by atoms with Crippen molar-refractivity contribution in [3.8, 4) is 18.1 Å². The van der Waals surface area contributed by atoms with Crippen molar-refractivity contribution in [2.24, 2.45) is 5.10 Å². The van der Waals surface area contributed by atoms with Gasteiger partial charge in [0.1, 0.15) is 17.3 Å². The second-order valence-electron chi connectivity index (χ2n) is 7.05. The maximum atomic E-state index is 13.1. The summed E-state index contributed by atoms with van der Waals surface area (Å²) < 4.78 is 5.46. The molecule has 1 N–H and O–H groups in total. The van der Waals surface area contributed by atoms with E-state index in [1.807, 2.05) is 26.2 Å². The summed E-state index contributed by atoms with van der Waals surface area (Å²) in [5.74, 6) is 2.71. The summed E-state index contributed by atoms with van der Waals surface area (Å²) in [6.45, 7) is 0. The molecule has 0 radical (unpaired) electrons. The Morgan fingerprint density at radius 1 is 1.15 bits per heavy atom. The largest absolute Gasteiger partial charge is 0.495 e. The summed E-state index contributed by atoms with van der Waals surface area (Å²) in [6, 6.07) is 15.4. The summed E-state index contributed by atoms with van der Waals surface area (Å²) in [4.78, 5) is 30.8. The number of hydrogen-bond donors (Lipinski definition) is 1. The van der Waals surface area contributed by atoms with E-state index in [0.29, 0.717) is 34.9 Å². The molecule has 0 aliphatic rings. The number of anilines is 3. The number of aromatic nitrogens is 1. The molecule has 1 heterocycles. The van der Waals surface area contributed by atoms with E-state index in [1.165, 1.54) is 18.2 Å². The number of methoxy groups -OCH3 is 1. The molecule has 0 unspecified atom stereocenters. The van der Waals surface area contributed by atoms with Crippen molar-refractivity contribution in [3.05, 3.63) is 77.5 Å². The zero-order chi connectivity index (χ0) is 23.8. The normalized spacial score (nSPS) is 10.4. The number of nitrogens with one attached hydrogen (secondary N) is 1. The zero-order valence-corrected chi connectivity index (χ0v) is 18.5. The highest BCUT2D eigenvalue weighted by Crippen LogP contribution is 2.36. The predicted octanol–water partition coefficient (Wildman–Crippen LogP) is 3.51. The van der Waals surface area contributed by atoms with Crippen LogP contribution in [0.4, 0.5) is 17.2 Å². The average molecular weight is 441 g/mol. The van der Waals surface area contributed by atoms with Crippen LogP contribution in [-0.2, 0) is 4.79 Å². The van der Waals surface area contributed by atoms with Gasteiger partial charge in [0.25, 0.3) is 5.91 Å². The number of carbonyl (C=O) groups is 2. The molecular formula is C25H23N5O3. The van der Waals surface area contributed by atoms with Gasteiger partial charge in [-0.05, 0) is 42.0 Å². The fourth-order valence-corrected chi connectivity index (χ4v) is 3.00. The van der Waals surface area contributed by atoms with Gasteiger partial charge in [0, 0.05) is 31.5 Å². The van der Waals surface area contributed by atoms with Gasteiger partial charge in [-0.1, -0.05) is 24.1 Å². The SMILES string of the molecule is C#Cc1ccc(NC(=O)c2cccc(OC)c2N(C=O)c2ccc(C=NN(C)C)cc2)nc1. The zero-order valence-electron chi connectivity index (χ0n) is 18.5. The van der Waals surface area contributed by atoms with Gasteiger partial charge in [0.05, 0.1) is 18.9 Å². The third-order valence-corrected chi connectivity index (χ3v) is 4.59. The molecule has 0 fully saturated rings. The summed E-state index contributed by atoms with van der Waals surface area (Å²) in [5.41, 5.74) is 2.56. The van der Waals surface area contributed by atoms with Crippen molar-refractivity contribution in [1.29, 1.82) is 0 Å². The molecule has 3 rings (SSSR count). The molecule has 2 amide bonds. The molecular weight excluding hydrogens is 418 g/mol. The Labute approximate surface area is 192 Å². The molecule has 0 saturated heterocycles. The number of amides is 2. The van der Waals surface area contributed by atoms with E-state index in [9.17, 15) is 9.59 Å². The number of ether oxygens (including phenoxy) is 1. The maximum absolute atomic E-state index is 13.1. The fourth-order valence-electron chi connectivity index (χ4n) is 3.00. The summed E-state index contributed by atoms with van der Waals surface area (Å²) in [5, 5.41) is 8.61. The Bertz CT molecular complexity index is 1200. The van der Waals surface area contributed by atoms with Crippen LogP contribution in [0.25, 0.3) is 0 Å². The Kier molecular flexibility index (Phi) is 7.39. The molecule has 0 spiro atoms. The van der Waals surface area contributed by atoms with E-state index < -0.39 is 5.91 Å². The van der Waals surface area contributed by atoms with Crippen LogP contribution in [0.3, 0.4) is 0 Å². The highest BCUT2D eigenvalue weighted by atomic mass is 16.5. The average Bonchev–Trinajstić information content (AvgIpc) is 2.84. The molecule has 33 heavy (non-hydrogen) atoms. The van der Waals surface area contributed by atoms with Crippen molar-refractivity contribution in [2.75, 3.05) is 31.4 Å². The quantitative estimate of drug-likeness (QED) is 0.250. The van der Waals surface area contributed by atoms with Gasteiger partial charge >= 0.3 is 0 Å². The van der Waals surface area contributed by atoms with E-state index in [4.69, 9.17) is 11.2 Å². The number of hydrazone groups is 1. The molecule has 3 aromatic rings. The van der Waals surface area contributed by atoms with Crippen LogP contribution in [0, 0.1) is 12.3 Å². The van der Waals surface area contributed by atoms with E-state index in [2.05, 4.69) is 21.3 Å². The second-order valence-corrected chi connectivity index (χ2v) is 7.05. The van der Waals surface area contributed by atoms with Crippen molar-refractivity contribution in [1.82, 2.24) is 9.99 Å². The lowest BCUT2D eigenvalue weighted by molar-refractivity contribution is -0.106. The molecule has 0 aliphatic carbocycles. The summed E-state index contributed by atoms with van der Waals surface area (Å²) >= 11 is 0. The third-order valence-electron chi connectivity index (χ3n) is 4.59. The highest BCUT2D eigenvalue weighted by Gasteiger charge is 2.22. The highest BCUT2D eigenvalue weighted by molar-refractivity contribution is 6.11. The Hall–Kier alpha value is -4.64. The molecule has 166 valence electrons. The van der Waals surface area contributed by atoms with Gasteiger partial charge in [-0.2, -0.15) is 5.10 Å². The molecule has 0 bridgehead atoms. The number of rotatable bonds is 8. The molecule has 1 aromatic heterocycles. The molecule has 0 saturated carbocycles. The van der Waals surface area contributed by atoms with Crippen molar-refractivity contribution < 1.29 is 14.3 Å². The van der Waals surface area contributed by atoms with E-state index >= 15 is 0 Å². The Balaban J connectivity index is 1.97. The van der Waals surface area contributed by atoms with Crippen LogP contribution < -0.4 is 15.0 Å². The number of carbonyl (C=O) groups excluding carboxylic acids is 2. The molecule has 8 nitrogen and oxygen atoms in total. The molecule has 0 aliphatic heterocycles. The van der Waals surface area contributed by atoms with Crippen LogP contribution in [0.2, 0.25) is 0 Å². The minimum atomic E-state index is -0.452. The first kappa shape index (κ1) is 23.0. The van der Waals surface area contributed by atoms with Crippen molar-refractivity contribution in [3.63, 3.8) is 0 Å². The number of terminal acetylenes is 1. The van der Waals surface area contributed by atoms with Crippen LogP contribution in [-0.4, -0.2) is 49.7 Å². The third kappa shape index (κ3) is 5.54. The number of para-hydroxylation sites is 1. The van der Waals surface area contributed by atoms with Gasteiger partial charge < -0.3 is 15.1 Å². The summed E-state index contributed by atoms with van der Waals surface area (Å²) in [7, 11) is 5.13. The first-order valence-electron chi connectivity index (χ1n) is 9.93. The van der Waals surface area contributed by atoms with Gasteiger partial charge in [-0.15, -0.1) is 6.42 Å². The summed E-state index contributed by atoms with van der Waals surface area (Å²) in [6.07, 6.45) is 9.18. The minimum absolute atomic E-state index is 0.238. The Morgan fingerprint density at radius 3 is 2.48 bits per heavy atom. The van der Waals surface area contributed by atoms with Gasteiger partial charge in [-0.25, -0.2) is 4.98 Å². The van der Waals surface area contributed by atoms with Crippen molar-refractivity contribution in [2.45, 2.75) is 0 Å². The van der Waals surface area contributed by atoms with Crippen LogP contribution >= 0.6 is 0 Å². The number of pyridine rings is 1. The van der Waals surface area contributed by atoms with Crippen LogP contribution in [0.15, 0.2) is 65.9 Å². The topological polar surface area (TPSA) is 87.1 Å². The standard InChI is InChI=1S/C25H23N5O3/c1-5-18-11-14-23(26-15-18)28-25(32)21-7-6-8-22(33-4)24(21)30(17-31)20-12-9-19(10-13-20)16-27-29(2)3/h1,6-17H,2-4H3,(H,26,28,32). The van der Waals surface area contributed by atoms with Gasteiger partial charge in [0.15, 0.2) is 0 Å². The van der Waals surface area contributed by atoms with Gasteiger partial charge in [0.2, 0.25) is 6.41 Å². The Morgan fingerprint density at radius 2 is 1.91 bits per heavy atom. The van der Waals surface area contributed by atoms with Gasteiger partial charge in [-0.3, -0.25) is 14.5 Å². The number of hydrogen-bond acceptors (Lipinski definition) is 6. The molecule has 0 atom stereocenters. The van der Waals surface area contributed by atoms with E-state index in [1.54, 1.807) is 53.7 Å². The predicted molar refractivity (Wildman–Crippen MR) is 129 cm³/mol. The lowest BCUT2D eigenvalue weighted by Crippen LogP contribution is -2.21. The van der Waals surface area contributed by atoms with Crippen LogP contribution in [0.1, 0.15) is 21.5 Å².